The molecule has 0 atom stereocenters. The van der Waals surface area contributed by atoms with Gasteiger partial charge in [0.25, 0.3) is 11.6 Å². The van der Waals surface area contributed by atoms with Crippen LogP contribution in [0.4, 0.5) is 10.7 Å². The van der Waals surface area contributed by atoms with Gasteiger partial charge in [-0.25, -0.2) is 0 Å². The standard InChI is InChI=1S/C12H8N4O3S/c13-10-6-5-9(20-10)12-14-11(15-19-12)7-3-1-2-4-8(7)16(17)18/h1-6H,13H2. The molecule has 3 rings (SSSR count). The SMILES string of the molecule is Nc1ccc(-c2nc(-c3ccccc3[N+](=O)[O-])no2)s1. The number of nitro groups is 1. The normalized spacial score (nSPS) is 10.6. The number of nitrogen functional groups attached to an aromatic ring is 1. The monoisotopic (exact) mass is 288 g/mol. The Labute approximate surface area is 116 Å². The lowest BCUT2D eigenvalue weighted by Crippen LogP contribution is -1.92. The van der Waals surface area contributed by atoms with E-state index < -0.39 is 4.92 Å². The highest BCUT2D eigenvalue weighted by molar-refractivity contribution is 7.19. The summed E-state index contributed by atoms with van der Waals surface area (Å²) in [6.07, 6.45) is 0. The van der Waals surface area contributed by atoms with Crippen LogP contribution in [-0.2, 0) is 0 Å². The van der Waals surface area contributed by atoms with Gasteiger partial charge in [-0.05, 0) is 18.2 Å². The van der Waals surface area contributed by atoms with E-state index in [1.165, 1.54) is 17.4 Å². The second kappa shape index (κ2) is 4.74. The number of aromatic nitrogens is 2. The fraction of sp³-hybridized carbons (Fsp3) is 0. The van der Waals surface area contributed by atoms with Gasteiger partial charge in [-0.15, -0.1) is 11.3 Å². The molecule has 0 amide bonds. The van der Waals surface area contributed by atoms with Crippen LogP contribution in [0.25, 0.3) is 22.2 Å². The topological polar surface area (TPSA) is 108 Å². The van der Waals surface area contributed by atoms with Crippen molar-refractivity contribution >= 4 is 22.0 Å². The number of thiophene rings is 1. The summed E-state index contributed by atoms with van der Waals surface area (Å²) in [5, 5.41) is 15.4. The number of rotatable bonds is 3. The van der Waals surface area contributed by atoms with E-state index in [2.05, 4.69) is 10.1 Å². The largest absolute Gasteiger partial charge is 0.391 e. The maximum atomic E-state index is 11.0. The van der Waals surface area contributed by atoms with Crippen molar-refractivity contribution in [2.75, 3.05) is 5.73 Å². The zero-order chi connectivity index (χ0) is 14.1. The molecule has 100 valence electrons. The number of para-hydroxylation sites is 1. The number of hydrogen-bond donors (Lipinski definition) is 1. The molecule has 0 spiro atoms. The predicted molar refractivity (Wildman–Crippen MR) is 74.1 cm³/mol. The lowest BCUT2D eigenvalue weighted by atomic mass is 10.2. The molecular formula is C12H8N4O3S. The van der Waals surface area contributed by atoms with Crippen LogP contribution in [0.15, 0.2) is 40.9 Å². The third-order valence-corrected chi connectivity index (χ3v) is 3.51. The Hall–Kier alpha value is -2.74. The first-order chi connectivity index (χ1) is 9.65. The minimum absolute atomic E-state index is 0.0643. The lowest BCUT2D eigenvalue weighted by Gasteiger charge is -1.96. The third kappa shape index (κ3) is 2.12. The van der Waals surface area contributed by atoms with Gasteiger partial charge in [-0.2, -0.15) is 4.98 Å². The second-order valence-electron chi connectivity index (χ2n) is 3.90. The van der Waals surface area contributed by atoms with Crippen LogP contribution >= 0.6 is 11.3 Å². The zero-order valence-corrected chi connectivity index (χ0v) is 10.8. The van der Waals surface area contributed by atoms with Crippen molar-refractivity contribution < 1.29 is 9.45 Å². The average molecular weight is 288 g/mol. The summed E-state index contributed by atoms with van der Waals surface area (Å²) >= 11 is 1.31. The van der Waals surface area contributed by atoms with E-state index in [-0.39, 0.29) is 11.5 Å². The molecule has 0 aliphatic heterocycles. The quantitative estimate of drug-likeness (QED) is 0.586. The molecule has 0 aliphatic carbocycles. The Morgan fingerprint density at radius 1 is 1.25 bits per heavy atom. The minimum Gasteiger partial charge on any atom is -0.391 e. The first-order valence-corrected chi connectivity index (χ1v) is 6.40. The number of hydrogen-bond acceptors (Lipinski definition) is 7. The van der Waals surface area contributed by atoms with Gasteiger partial charge in [0, 0.05) is 6.07 Å². The summed E-state index contributed by atoms with van der Waals surface area (Å²) < 4.78 is 5.12. The predicted octanol–water partition coefficient (Wildman–Crippen LogP) is 2.96. The van der Waals surface area contributed by atoms with Crippen LogP contribution in [0.2, 0.25) is 0 Å². The van der Waals surface area contributed by atoms with Gasteiger partial charge < -0.3 is 10.3 Å². The molecule has 0 radical (unpaired) electrons. The number of nitrogens with zero attached hydrogens (tertiary/aromatic N) is 3. The fourth-order valence-corrected chi connectivity index (χ4v) is 2.42. The molecule has 8 heteroatoms. The van der Waals surface area contributed by atoms with E-state index in [1.54, 1.807) is 30.3 Å². The van der Waals surface area contributed by atoms with Crippen molar-refractivity contribution in [2.24, 2.45) is 0 Å². The summed E-state index contributed by atoms with van der Waals surface area (Å²) in [5.74, 6) is 0.471. The third-order valence-electron chi connectivity index (χ3n) is 2.61. The van der Waals surface area contributed by atoms with Crippen molar-refractivity contribution in [3.05, 3.63) is 46.5 Å². The molecule has 0 bridgehead atoms. The van der Waals surface area contributed by atoms with Crippen molar-refractivity contribution in [1.29, 1.82) is 0 Å². The average Bonchev–Trinajstić information content (AvgIpc) is 3.07. The summed E-state index contributed by atoms with van der Waals surface area (Å²) in [5.41, 5.74) is 5.89. The molecule has 7 nitrogen and oxygen atoms in total. The minimum atomic E-state index is -0.478. The van der Waals surface area contributed by atoms with Gasteiger partial charge in [0.1, 0.15) is 5.56 Å². The maximum Gasteiger partial charge on any atom is 0.280 e. The van der Waals surface area contributed by atoms with Crippen LogP contribution in [0.3, 0.4) is 0 Å². The summed E-state index contributed by atoms with van der Waals surface area (Å²) in [7, 11) is 0. The molecule has 0 fully saturated rings. The second-order valence-corrected chi connectivity index (χ2v) is 5.01. The molecular weight excluding hydrogens is 280 g/mol. The molecule has 20 heavy (non-hydrogen) atoms. The zero-order valence-electron chi connectivity index (χ0n) is 10.0. The van der Waals surface area contributed by atoms with E-state index in [4.69, 9.17) is 10.3 Å². The lowest BCUT2D eigenvalue weighted by molar-refractivity contribution is -0.384. The number of anilines is 1. The molecule has 3 aromatic rings. The van der Waals surface area contributed by atoms with E-state index in [9.17, 15) is 10.1 Å². The molecule has 1 aromatic carbocycles. The van der Waals surface area contributed by atoms with Crippen LogP contribution in [0.5, 0.6) is 0 Å². The highest BCUT2D eigenvalue weighted by Gasteiger charge is 2.20. The van der Waals surface area contributed by atoms with Crippen LogP contribution in [0, 0.1) is 10.1 Å². The Morgan fingerprint density at radius 3 is 2.75 bits per heavy atom. The first kappa shape index (κ1) is 12.3. The van der Waals surface area contributed by atoms with E-state index in [0.29, 0.717) is 16.5 Å². The van der Waals surface area contributed by atoms with E-state index in [1.807, 2.05) is 0 Å². The van der Waals surface area contributed by atoms with Crippen LogP contribution < -0.4 is 5.73 Å². The van der Waals surface area contributed by atoms with Crippen molar-refractivity contribution in [3.63, 3.8) is 0 Å². The van der Waals surface area contributed by atoms with E-state index >= 15 is 0 Å². The molecule has 0 saturated carbocycles. The van der Waals surface area contributed by atoms with Gasteiger partial charge in [0.15, 0.2) is 0 Å². The highest BCUT2D eigenvalue weighted by atomic mass is 32.1. The van der Waals surface area contributed by atoms with Gasteiger partial charge in [0.2, 0.25) is 5.82 Å². The van der Waals surface area contributed by atoms with Gasteiger partial charge in [-0.1, -0.05) is 17.3 Å². The summed E-state index contributed by atoms with van der Waals surface area (Å²) in [6.45, 7) is 0. The van der Waals surface area contributed by atoms with Crippen molar-refractivity contribution in [1.82, 2.24) is 10.1 Å². The molecule has 0 saturated heterocycles. The molecule has 0 unspecified atom stereocenters. The molecule has 2 heterocycles. The fourth-order valence-electron chi connectivity index (χ4n) is 1.72. The Balaban J connectivity index is 2.05. The Kier molecular flexibility index (Phi) is 2.92. The Bertz CT molecular complexity index is 780. The van der Waals surface area contributed by atoms with Gasteiger partial charge in [0.05, 0.1) is 14.8 Å². The molecule has 0 aliphatic rings. The first-order valence-electron chi connectivity index (χ1n) is 5.58. The summed E-state index contributed by atoms with van der Waals surface area (Å²) in [4.78, 5) is 15.4. The van der Waals surface area contributed by atoms with Crippen molar-refractivity contribution in [2.45, 2.75) is 0 Å². The number of benzene rings is 1. The molecule has 2 N–H and O–H groups in total. The highest BCUT2D eigenvalue weighted by Crippen LogP contribution is 2.32. The Morgan fingerprint density at radius 2 is 2.05 bits per heavy atom. The van der Waals surface area contributed by atoms with Crippen LogP contribution in [-0.4, -0.2) is 15.1 Å². The molecule has 2 aromatic heterocycles. The number of nitrogens with two attached hydrogens (primary N) is 1. The van der Waals surface area contributed by atoms with Crippen molar-refractivity contribution in [3.8, 4) is 22.2 Å². The van der Waals surface area contributed by atoms with Gasteiger partial charge in [-0.3, -0.25) is 10.1 Å². The van der Waals surface area contributed by atoms with Crippen LogP contribution in [0.1, 0.15) is 0 Å². The smallest absolute Gasteiger partial charge is 0.280 e. The summed E-state index contributed by atoms with van der Waals surface area (Å²) in [6, 6.07) is 9.74. The number of nitro benzene ring substituents is 1. The van der Waals surface area contributed by atoms with E-state index in [0.717, 1.165) is 4.88 Å². The maximum absolute atomic E-state index is 11.0. The van der Waals surface area contributed by atoms with Gasteiger partial charge >= 0.3 is 0 Å².